The predicted octanol–water partition coefficient (Wildman–Crippen LogP) is 3.21. The quantitative estimate of drug-likeness (QED) is 0.736. The predicted molar refractivity (Wildman–Crippen MR) is 58.2 cm³/mol. The van der Waals surface area contributed by atoms with E-state index in [0.717, 1.165) is 0 Å². The number of halogens is 3. The molecule has 0 spiro atoms. The van der Waals surface area contributed by atoms with E-state index < -0.39 is 0 Å². The average molecular weight is 248 g/mol. The van der Waals surface area contributed by atoms with Gasteiger partial charge in [-0.25, -0.2) is 4.39 Å². The van der Waals surface area contributed by atoms with E-state index in [1.807, 2.05) is 0 Å². The summed E-state index contributed by atoms with van der Waals surface area (Å²) in [4.78, 5) is 5.01. The van der Waals surface area contributed by atoms with Crippen LogP contribution in [-0.4, -0.2) is 17.7 Å². The van der Waals surface area contributed by atoms with Crippen LogP contribution in [0, 0.1) is 5.82 Å². The number of rotatable bonds is 2. The molecular formula is C10H8Cl2FNO. The molecule has 2 nitrogen and oxygen atoms in total. The fourth-order valence-electron chi connectivity index (χ4n) is 1.39. The van der Waals surface area contributed by atoms with Crippen LogP contribution in [0.3, 0.4) is 0 Å². The Bertz CT molecular complexity index is 408. The summed E-state index contributed by atoms with van der Waals surface area (Å²) in [5.74, 6) is -0.0394. The number of alkyl halides is 1. The maximum absolute atomic E-state index is 13.5. The summed E-state index contributed by atoms with van der Waals surface area (Å²) >= 11 is 11.3. The van der Waals surface area contributed by atoms with Crippen molar-refractivity contribution in [2.45, 2.75) is 12.5 Å². The zero-order valence-corrected chi connectivity index (χ0v) is 9.22. The summed E-state index contributed by atoms with van der Waals surface area (Å²) < 4.78 is 13.5. The van der Waals surface area contributed by atoms with Crippen molar-refractivity contribution in [1.82, 2.24) is 0 Å². The average Bonchev–Trinajstić information content (AvgIpc) is 2.66. The SMILES string of the molecule is Fc1cc(Cl)ccc1C1=NOC(CCl)C1. The lowest BCUT2D eigenvalue weighted by Gasteiger charge is -2.02. The summed E-state index contributed by atoms with van der Waals surface area (Å²) in [6.07, 6.45) is 0.374. The molecule has 1 aliphatic rings. The Morgan fingerprint density at radius 1 is 1.53 bits per heavy atom. The Balaban J connectivity index is 2.24. The van der Waals surface area contributed by atoms with Gasteiger partial charge in [0.25, 0.3) is 0 Å². The molecule has 1 heterocycles. The van der Waals surface area contributed by atoms with Crippen molar-refractivity contribution in [3.8, 4) is 0 Å². The van der Waals surface area contributed by atoms with Gasteiger partial charge < -0.3 is 4.84 Å². The van der Waals surface area contributed by atoms with Crippen molar-refractivity contribution < 1.29 is 9.23 Å². The third kappa shape index (κ3) is 2.24. The van der Waals surface area contributed by atoms with Crippen molar-refractivity contribution in [1.29, 1.82) is 0 Å². The molecule has 1 aliphatic heterocycles. The summed E-state index contributed by atoms with van der Waals surface area (Å²) in [5.41, 5.74) is 1.00. The third-order valence-corrected chi connectivity index (χ3v) is 2.73. The summed E-state index contributed by atoms with van der Waals surface area (Å²) in [6, 6.07) is 4.47. The van der Waals surface area contributed by atoms with E-state index in [1.54, 1.807) is 12.1 Å². The van der Waals surface area contributed by atoms with Gasteiger partial charge in [0, 0.05) is 17.0 Å². The van der Waals surface area contributed by atoms with Gasteiger partial charge in [0.05, 0.1) is 11.6 Å². The van der Waals surface area contributed by atoms with Crippen molar-refractivity contribution in [3.05, 3.63) is 34.6 Å². The minimum atomic E-state index is -0.389. The second-order valence-corrected chi connectivity index (χ2v) is 3.99. The van der Waals surface area contributed by atoms with Crippen molar-refractivity contribution in [3.63, 3.8) is 0 Å². The van der Waals surface area contributed by atoms with Crippen LogP contribution in [0.5, 0.6) is 0 Å². The molecular weight excluding hydrogens is 240 g/mol. The molecule has 0 fully saturated rings. The molecule has 1 atom stereocenters. The van der Waals surface area contributed by atoms with Gasteiger partial charge in [-0.05, 0) is 18.2 Å². The van der Waals surface area contributed by atoms with E-state index in [2.05, 4.69) is 5.16 Å². The Morgan fingerprint density at radius 2 is 2.33 bits per heavy atom. The second kappa shape index (κ2) is 4.37. The molecule has 1 aromatic carbocycles. The molecule has 15 heavy (non-hydrogen) atoms. The highest BCUT2D eigenvalue weighted by atomic mass is 35.5. The van der Waals surface area contributed by atoms with Crippen LogP contribution in [-0.2, 0) is 4.84 Å². The molecule has 0 bridgehead atoms. The first-order chi connectivity index (χ1) is 7.20. The van der Waals surface area contributed by atoms with Crippen molar-refractivity contribution in [2.75, 3.05) is 5.88 Å². The molecule has 0 aliphatic carbocycles. The van der Waals surface area contributed by atoms with Gasteiger partial charge >= 0.3 is 0 Å². The zero-order valence-electron chi connectivity index (χ0n) is 7.71. The van der Waals surface area contributed by atoms with E-state index in [0.29, 0.717) is 28.6 Å². The molecule has 0 saturated heterocycles. The van der Waals surface area contributed by atoms with E-state index in [-0.39, 0.29) is 11.9 Å². The van der Waals surface area contributed by atoms with Gasteiger partial charge in [-0.2, -0.15) is 0 Å². The smallest absolute Gasteiger partial charge is 0.146 e. The first kappa shape index (κ1) is 10.7. The number of hydrogen-bond acceptors (Lipinski definition) is 2. The first-order valence-electron chi connectivity index (χ1n) is 4.45. The first-order valence-corrected chi connectivity index (χ1v) is 5.36. The Kier molecular flexibility index (Phi) is 3.12. The molecule has 80 valence electrons. The maximum atomic E-state index is 13.5. The van der Waals surface area contributed by atoms with Gasteiger partial charge in [-0.3, -0.25) is 0 Å². The number of hydrogen-bond donors (Lipinski definition) is 0. The second-order valence-electron chi connectivity index (χ2n) is 3.25. The van der Waals surface area contributed by atoms with Crippen LogP contribution in [0.4, 0.5) is 4.39 Å². The van der Waals surface area contributed by atoms with E-state index in [1.165, 1.54) is 6.07 Å². The fraction of sp³-hybridized carbons (Fsp3) is 0.300. The lowest BCUT2D eigenvalue weighted by Crippen LogP contribution is -2.10. The zero-order chi connectivity index (χ0) is 10.8. The largest absolute Gasteiger partial charge is 0.391 e. The van der Waals surface area contributed by atoms with Crippen molar-refractivity contribution in [2.24, 2.45) is 5.16 Å². The Morgan fingerprint density at radius 3 is 2.93 bits per heavy atom. The van der Waals surface area contributed by atoms with E-state index in [9.17, 15) is 4.39 Å². The molecule has 0 radical (unpaired) electrons. The number of benzene rings is 1. The molecule has 2 rings (SSSR count). The summed E-state index contributed by atoms with van der Waals surface area (Å²) in [7, 11) is 0. The highest BCUT2D eigenvalue weighted by molar-refractivity contribution is 6.30. The molecule has 0 amide bonds. The van der Waals surface area contributed by atoms with Gasteiger partial charge in [0.2, 0.25) is 0 Å². The van der Waals surface area contributed by atoms with Gasteiger partial charge in [0.1, 0.15) is 11.9 Å². The standard InChI is InChI=1S/C10H8Cl2FNO/c11-5-7-4-10(14-15-7)8-2-1-6(12)3-9(8)13/h1-3,7H,4-5H2. The topological polar surface area (TPSA) is 21.6 Å². The number of oxime groups is 1. The molecule has 1 aromatic rings. The van der Waals surface area contributed by atoms with E-state index >= 15 is 0 Å². The molecule has 0 aromatic heterocycles. The maximum Gasteiger partial charge on any atom is 0.146 e. The van der Waals surface area contributed by atoms with Gasteiger partial charge in [-0.1, -0.05) is 16.8 Å². The molecule has 0 N–H and O–H groups in total. The summed E-state index contributed by atoms with van der Waals surface area (Å²) in [6.45, 7) is 0. The van der Waals surface area contributed by atoms with Crippen LogP contribution in [0.1, 0.15) is 12.0 Å². The number of nitrogens with zero attached hydrogens (tertiary/aromatic N) is 1. The Labute approximate surface area is 96.6 Å². The van der Waals surface area contributed by atoms with Crippen LogP contribution in [0.15, 0.2) is 23.4 Å². The van der Waals surface area contributed by atoms with Gasteiger partial charge in [0.15, 0.2) is 0 Å². The van der Waals surface area contributed by atoms with Crippen LogP contribution < -0.4 is 0 Å². The lowest BCUT2D eigenvalue weighted by atomic mass is 10.1. The fourth-order valence-corrected chi connectivity index (χ4v) is 1.72. The summed E-state index contributed by atoms with van der Waals surface area (Å²) in [5, 5.41) is 4.16. The highest BCUT2D eigenvalue weighted by Crippen LogP contribution is 2.21. The molecule has 0 saturated carbocycles. The molecule has 5 heteroatoms. The highest BCUT2D eigenvalue weighted by Gasteiger charge is 2.23. The Hall–Kier alpha value is -0.800. The normalized spacial score (nSPS) is 19.9. The monoisotopic (exact) mass is 247 g/mol. The van der Waals surface area contributed by atoms with Crippen LogP contribution in [0.2, 0.25) is 5.02 Å². The molecule has 1 unspecified atom stereocenters. The van der Waals surface area contributed by atoms with Gasteiger partial charge in [-0.15, -0.1) is 11.6 Å². The minimum absolute atomic E-state index is 0.156. The minimum Gasteiger partial charge on any atom is -0.391 e. The van der Waals surface area contributed by atoms with E-state index in [4.69, 9.17) is 28.0 Å². The van der Waals surface area contributed by atoms with Crippen molar-refractivity contribution >= 4 is 28.9 Å². The van der Waals surface area contributed by atoms with Crippen LogP contribution in [0.25, 0.3) is 0 Å². The lowest BCUT2D eigenvalue weighted by molar-refractivity contribution is 0.102. The van der Waals surface area contributed by atoms with Crippen LogP contribution >= 0.6 is 23.2 Å². The third-order valence-electron chi connectivity index (χ3n) is 2.15.